The Bertz CT molecular complexity index is 1350. The first-order valence-electron chi connectivity index (χ1n) is 29.6. The van der Waals surface area contributed by atoms with E-state index in [0.29, 0.717) is 19.3 Å². The van der Waals surface area contributed by atoms with Gasteiger partial charge in [-0.2, -0.15) is 0 Å². The van der Waals surface area contributed by atoms with Crippen LogP contribution in [0, 0.1) is 0 Å². The average Bonchev–Trinajstić information content (AvgIpc) is 3.36. The number of carbonyl (C=O) groups is 3. The minimum atomic E-state index is -0.786. The third kappa shape index (κ3) is 55.5. The van der Waals surface area contributed by atoms with Crippen molar-refractivity contribution in [2.45, 2.75) is 290 Å². The molecular formula is C64H110O6. The van der Waals surface area contributed by atoms with E-state index in [1.54, 1.807) is 0 Å². The Balaban J connectivity index is 4.36. The van der Waals surface area contributed by atoms with Gasteiger partial charge < -0.3 is 14.2 Å². The zero-order valence-corrected chi connectivity index (χ0v) is 46.0. The normalized spacial score (nSPS) is 12.7. The summed E-state index contributed by atoms with van der Waals surface area (Å²) in [7, 11) is 0. The van der Waals surface area contributed by atoms with Crippen LogP contribution in [-0.4, -0.2) is 37.2 Å². The molecule has 1 unspecified atom stereocenters. The maximum Gasteiger partial charge on any atom is 0.306 e. The summed E-state index contributed by atoms with van der Waals surface area (Å²) in [5, 5.41) is 0. The lowest BCUT2D eigenvalue weighted by Gasteiger charge is -2.18. The van der Waals surface area contributed by atoms with Gasteiger partial charge in [-0.25, -0.2) is 0 Å². The molecule has 0 aliphatic carbocycles. The Morgan fingerprint density at radius 1 is 0.300 bits per heavy atom. The zero-order chi connectivity index (χ0) is 50.7. The number of hydrogen-bond donors (Lipinski definition) is 0. The van der Waals surface area contributed by atoms with Crippen molar-refractivity contribution < 1.29 is 28.6 Å². The molecule has 1 atom stereocenters. The van der Waals surface area contributed by atoms with Crippen LogP contribution >= 0.6 is 0 Å². The summed E-state index contributed by atoms with van der Waals surface area (Å²) in [5.41, 5.74) is 0. The number of carbonyl (C=O) groups excluding carboxylic acids is 3. The Hall–Kier alpha value is -3.41. The van der Waals surface area contributed by atoms with Crippen LogP contribution in [0.25, 0.3) is 0 Å². The maximum absolute atomic E-state index is 12.9. The highest BCUT2D eigenvalue weighted by Gasteiger charge is 2.19. The van der Waals surface area contributed by atoms with Crippen molar-refractivity contribution in [3.63, 3.8) is 0 Å². The third-order valence-corrected chi connectivity index (χ3v) is 12.6. The highest BCUT2D eigenvalue weighted by molar-refractivity contribution is 5.71. The summed E-state index contributed by atoms with van der Waals surface area (Å²) in [5.74, 6) is -0.900. The van der Waals surface area contributed by atoms with E-state index in [-0.39, 0.29) is 31.1 Å². The first kappa shape index (κ1) is 66.6. The van der Waals surface area contributed by atoms with Gasteiger partial charge in [-0.05, 0) is 89.9 Å². The van der Waals surface area contributed by atoms with Crippen molar-refractivity contribution >= 4 is 17.9 Å². The standard InChI is InChI=1S/C64H110O6/c1-4-7-10-13-16-19-22-25-27-29-30-31-32-33-34-35-37-39-42-45-48-51-54-57-63(66)69-60-61(59-68-62(65)56-53-50-47-44-41-38-24-21-18-15-12-9-6-3)70-64(67)58-55-52-49-46-43-40-36-28-26-23-20-17-14-11-8-5-2/h7,10,12,15-16,19,21,24-25,27,30-31,33-34,61H,4-6,8-9,11,13-14,17-18,20,22-23,26,28-29,32,35-60H2,1-3H3/b10-7-,15-12-,19-16-,24-21-,27-25-,31-30-,34-33-. The fourth-order valence-electron chi connectivity index (χ4n) is 8.21. The molecule has 70 heavy (non-hydrogen) atoms. The van der Waals surface area contributed by atoms with Crippen LogP contribution < -0.4 is 0 Å². The van der Waals surface area contributed by atoms with E-state index in [9.17, 15) is 14.4 Å². The van der Waals surface area contributed by atoms with E-state index in [4.69, 9.17) is 14.2 Å². The van der Waals surface area contributed by atoms with Gasteiger partial charge in [0.15, 0.2) is 6.10 Å². The minimum absolute atomic E-state index is 0.0851. The van der Waals surface area contributed by atoms with Crippen LogP contribution in [0.5, 0.6) is 0 Å². The van der Waals surface area contributed by atoms with Gasteiger partial charge >= 0.3 is 17.9 Å². The van der Waals surface area contributed by atoms with Crippen LogP contribution in [-0.2, 0) is 28.6 Å². The van der Waals surface area contributed by atoms with Crippen molar-refractivity contribution in [2.75, 3.05) is 13.2 Å². The summed E-state index contributed by atoms with van der Waals surface area (Å²) in [6.45, 7) is 6.46. The van der Waals surface area contributed by atoms with E-state index in [1.807, 2.05) is 0 Å². The quantitative estimate of drug-likeness (QED) is 0.0261. The van der Waals surface area contributed by atoms with Crippen molar-refractivity contribution in [3.8, 4) is 0 Å². The number of hydrogen-bond acceptors (Lipinski definition) is 6. The Morgan fingerprint density at radius 3 is 0.929 bits per heavy atom. The van der Waals surface area contributed by atoms with Gasteiger partial charge in [0, 0.05) is 19.3 Å². The molecule has 0 bridgehead atoms. The van der Waals surface area contributed by atoms with Gasteiger partial charge in [-0.3, -0.25) is 14.4 Å². The monoisotopic (exact) mass is 975 g/mol. The predicted molar refractivity (Wildman–Crippen MR) is 302 cm³/mol. The van der Waals surface area contributed by atoms with Gasteiger partial charge in [0.2, 0.25) is 0 Å². The van der Waals surface area contributed by atoms with Crippen LogP contribution in [0.3, 0.4) is 0 Å². The largest absolute Gasteiger partial charge is 0.462 e. The number of rotatable bonds is 53. The van der Waals surface area contributed by atoms with Crippen LogP contribution in [0.2, 0.25) is 0 Å². The lowest BCUT2D eigenvalue weighted by atomic mass is 10.0. The molecule has 0 fully saturated rings. The molecule has 0 aromatic rings. The maximum atomic E-state index is 12.9. The summed E-state index contributed by atoms with van der Waals surface area (Å²) in [6.07, 6.45) is 75.7. The fourth-order valence-corrected chi connectivity index (χ4v) is 8.21. The van der Waals surface area contributed by atoms with Crippen LogP contribution in [0.4, 0.5) is 0 Å². The van der Waals surface area contributed by atoms with E-state index in [2.05, 4.69) is 106 Å². The van der Waals surface area contributed by atoms with Crippen molar-refractivity contribution in [3.05, 3.63) is 85.1 Å². The SMILES string of the molecule is CC/C=C\C/C=C\C/C=C\C/C=C\C/C=C\CCCCCCCCCC(=O)OCC(COC(=O)CCCCCCC/C=C\C/C=C\CCC)OC(=O)CCCCCCCCCCCCCCCCCC. The summed E-state index contributed by atoms with van der Waals surface area (Å²) in [4.78, 5) is 38.2. The smallest absolute Gasteiger partial charge is 0.306 e. The molecule has 0 N–H and O–H groups in total. The predicted octanol–water partition coefficient (Wildman–Crippen LogP) is 19.9. The van der Waals surface area contributed by atoms with E-state index in [1.165, 1.54) is 116 Å². The molecule has 402 valence electrons. The number of allylic oxidation sites excluding steroid dienone is 14. The van der Waals surface area contributed by atoms with Crippen LogP contribution in [0.15, 0.2) is 85.1 Å². The van der Waals surface area contributed by atoms with E-state index >= 15 is 0 Å². The molecule has 0 aromatic heterocycles. The zero-order valence-electron chi connectivity index (χ0n) is 46.0. The molecule has 0 aliphatic rings. The Morgan fingerprint density at radius 2 is 0.586 bits per heavy atom. The molecule has 0 heterocycles. The summed E-state index contributed by atoms with van der Waals surface area (Å²) in [6, 6.07) is 0. The molecule has 0 spiro atoms. The Kier molecular flexibility index (Phi) is 55.3. The molecule has 0 aromatic carbocycles. The highest BCUT2D eigenvalue weighted by atomic mass is 16.6. The molecule has 0 saturated heterocycles. The molecule has 0 saturated carbocycles. The van der Waals surface area contributed by atoms with Crippen LogP contribution in [0.1, 0.15) is 284 Å². The second-order valence-corrected chi connectivity index (χ2v) is 19.5. The lowest BCUT2D eigenvalue weighted by molar-refractivity contribution is -0.167. The first-order chi connectivity index (χ1) is 34.5. The first-order valence-corrected chi connectivity index (χ1v) is 29.6. The van der Waals surface area contributed by atoms with Gasteiger partial charge in [0.25, 0.3) is 0 Å². The van der Waals surface area contributed by atoms with Gasteiger partial charge in [0.05, 0.1) is 0 Å². The van der Waals surface area contributed by atoms with Crippen molar-refractivity contribution in [1.29, 1.82) is 0 Å². The topological polar surface area (TPSA) is 78.9 Å². The Labute approximate surface area is 433 Å². The second-order valence-electron chi connectivity index (χ2n) is 19.5. The van der Waals surface area contributed by atoms with Crippen molar-refractivity contribution in [1.82, 2.24) is 0 Å². The summed E-state index contributed by atoms with van der Waals surface area (Å²) < 4.78 is 16.9. The molecule has 0 amide bonds. The minimum Gasteiger partial charge on any atom is -0.462 e. The lowest BCUT2D eigenvalue weighted by Crippen LogP contribution is -2.30. The highest BCUT2D eigenvalue weighted by Crippen LogP contribution is 2.16. The van der Waals surface area contributed by atoms with E-state index in [0.717, 1.165) is 128 Å². The molecule has 0 radical (unpaired) electrons. The number of ether oxygens (including phenoxy) is 3. The molecule has 0 aliphatic heterocycles. The van der Waals surface area contributed by atoms with Gasteiger partial charge in [-0.15, -0.1) is 0 Å². The molecule has 0 rings (SSSR count). The summed E-state index contributed by atoms with van der Waals surface area (Å²) >= 11 is 0. The second kappa shape index (κ2) is 58.2. The number of esters is 3. The molecule has 6 nitrogen and oxygen atoms in total. The third-order valence-electron chi connectivity index (χ3n) is 12.6. The molecular weight excluding hydrogens is 865 g/mol. The molecule has 6 heteroatoms. The van der Waals surface area contributed by atoms with Gasteiger partial charge in [-0.1, -0.05) is 260 Å². The average molecular weight is 976 g/mol. The van der Waals surface area contributed by atoms with E-state index < -0.39 is 6.10 Å². The fraction of sp³-hybridized carbons (Fsp3) is 0.734. The number of unbranched alkanes of at least 4 members (excludes halogenated alkanes) is 28. The van der Waals surface area contributed by atoms with Gasteiger partial charge in [0.1, 0.15) is 13.2 Å². The van der Waals surface area contributed by atoms with Crippen molar-refractivity contribution in [2.24, 2.45) is 0 Å².